The summed E-state index contributed by atoms with van der Waals surface area (Å²) in [5.41, 5.74) is 1.65. The Balaban J connectivity index is 1.58. The van der Waals surface area contributed by atoms with Gasteiger partial charge in [-0.1, -0.05) is 17.7 Å². The monoisotopic (exact) mass is 372 g/mol. The summed E-state index contributed by atoms with van der Waals surface area (Å²) in [5.74, 6) is -0.224. The predicted octanol–water partition coefficient (Wildman–Crippen LogP) is 2.47. The topological polar surface area (TPSA) is 65.5 Å². The first kappa shape index (κ1) is 18.2. The molecule has 0 spiro atoms. The third kappa shape index (κ3) is 3.96. The number of hydrogen-bond donors (Lipinski definition) is 1. The third-order valence-corrected chi connectivity index (χ3v) is 4.65. The van der Waals surface area contributed by atoms with E-state index in [-0.39, 0.29) is 11.8 Å². The Hall–Kier alpha value is -2.60. The van der Waals surface area contributed by atoms with Crippen LogP contribution in [0.1, 0.15) is 12.0 Å². The Kier molecular flexibility index (Phi) is 5.42. The molecular weight excluding hydrogens is 352 g/mol. The van der Waals surface area contributed by atoms with Gasteiger partial charge >= 0.3 is 0 Å². The molecule has 1 aliphatic heterocycles. The van der Waals surface area contributed by atoms with Gasteiger partial charge in [-0.3, -0.25) is 9.59 Å². The maximum Gasteiger partial charge on any atom is 0.239 e. The molecule has 1 unspecified atom stereocenters. The SMILES string of the molecule is CN(C)c1ccc(CNC(=O)C2CCN(c3ccc(Cl)cc3)C2=O)cn1. The molecule has 6 nitrogen and oxygen atoms in total. The van der Waals surface area contributed by atoms with Crippen LogP contribution in [-0.4, -0.2) is 37.4 Å². The van der Waals surface area contributed by atoms with E-state index in [1.54, 1.807) is 35.4 Å². The van der Waals surface area contributed by atoms with Crippen LogP contribution in [0.3, 0.4) is 0 Å². The molecular formula is C19H21ClN4O2. The smallest absolute Gasteiger partial charge is 0.239 e. The van der Waals surface area contributed by atoms with E-state index in [2.05, 4.69) is 10.3 Å². The van der Waals surface area contributed by atoms with E-state index in [0.717, 1.165) is 17.1 Å². The standard InChI is InChI=1S/C19H21ClN4O2/c1-23(2)17-8-3-13(11-21-17)12-22-18(25)16-9-10-24(19(16)26)15-6-4-14(20)5-7-15/h3-8,11,16H,9-10,12H2,1-2H3,(H,22,25). The number of nitrogens with zero attached hydrogens (tertiary/aromatic N) is 3. The van der Waals surface area contributed by atoms with Crippen molar-refractivity contribution in [3.8, 4) is 0 Å². The second-order valence-electron chi connectivity index (χ2n) is 6.44. The van der Waals surface area contributed by atoms with Crippen molar-refractivity contribution in [2.24, 2.45) is 5.92 Å². The zero-order valence-electron chi connectivity index (χ0n) is 14.8. The number of halogens is 1. The predicted molar refractivity (Wildman–Crippen MR) is 102 cm³/mol. The molecule has 1 aromatic heterocycles. The zero-order valence-corrected chi connectivity index (χ0v) is 15.5. The van der Waals surface area contributed by atoms with Crippen molar-refractivity contribution < 1.29 is 9.59 Å². The Labute approximate surface area is 157 Å². The van der Waals surface area contributed by atoms with Gasteiger partial charge in [-0.05, 0) is 42.3 Å². The lowest BCUT2D eigenvalue weighted by Gasteiger charge is -2.17. The Morgan fingerprint density at radius 3 is 2.62 bits per heavy atom. The van der Waals surface area contributed by atoms with Gasteiger partial charge in [0.15, 0.2) is 0 Å². The van der Waals surface area contributed by atoms with E-state index in [9.17, 15) is 9.59 Å². The fourth-order valence-corrected chi connectivity index (χ4v) is 3.02. The fraction of sp³-hybridized carbons (Fsp3) is 0.316. The molecule has 136 valence electrons. The summed E-state index contributed by atoms with van der Waals surface area (Å²) in [7, 11) is 3.84. The van der Waals surface area contributed by atoms with Crippen LogP contribution < -0.4 is 15.1 Å². The lowest BCUT2D eigenvalue weighted by atomic mass is 10.1. The zero-order chi connectivity index (χ0) is 18.7. The number of rotatable bonds is 5. The molecule has 0 radical (unpaired) electrons. The Morgan fingerprint density at radius 2 is 2.00 bits per heavy atom. The molecule has 1 aromatic carbocycles. The van der Waals surface area contributed by atoms with Gasteiger partial charge < -0.3 is 15.1 Å². The number of nitrogens with one attached hydrogen (secondary N) is 1. The van der Waals surface area contributed by atoms with Crippen molar-refractivity contribution in [2.45, 2.75) is 13.0 Å². The maximum absolute atomic E-state index is 12.6. The number of pyridine rings is 1. The van der Waals surface area contributed by atoms with Crippen molar-refractivity contribution in [1.29, 1.82) is 0 Å². The summed E-state index contributed by atoms with van der Waals surface area (Å²) in [6.07, 6.45) is 2.23. The normalized spacial score (nSPS) is 16.7. The van der Waals surface area contributed by atoms with E-state index in [0.29, 0.717) is 24.5 Å². The van der Waals surface area contributed by atoms with E-state index in [1.165, 1.54) is 0 Å². The minimum Gasteiger partial charge on any atom is -0.363 e. The molecule has 2 amide bonds. The summed E-state index contributed by atoms with van der Waals surface area (Å²) < 4.78 is 0. The quantitative estimate of drug-likeness (QED) is 0.819. The van der Waals surface area contributed by atoms with Crippen LogP contribution >= 0.6 is 11.6 Å². The number of anilines is 2. The average molecular weight is 373 g/mol. The van der Waals surface area contributed by atoms with Crippen molar-refractivity contribution in [2.75, 3.05) is 30.4 Å². The third-order valence-electron chi connectivity index (χ3n) is 4.39. The highest BCUT2D eigenvalue weighted by Crippen LogP contribution is 2.26. The van der Waals surface area contributed by atoms with Crippen LogP contribution in [0, 0.1) is 5.92 Å². The van der Waals surface area contributed by atoms with E-state index < -0.39 is 5.92 Å². The van der Waals surface area contributed by atoms with Gasteiger partial charge in [0.25, 0.3) is 0 Å². The molecule has 7 heteroatoms. The number of amides is 2. The van der Waals surface area contributed by atoms with Crippen molar-refractivity contribution in [3.05, 3.63) is 53.2 Å². The van der Waals surface area contributed by atoms with E-state index in [4.69, 9.17) is 11.6 Å². The second kappa shape index (κ2) is 7.74. The van der Waals surface area contributed by atoms with Crippen molar-refractivity contribution in [3.63, 3.8) is 0 Å². The average Bonchev–Trinajstić information content (AvgIpc) is 3.02. The van der Waals surface area contributed by atoms with Gasteiger partial charge in [-0.15, -0.1) is 0 Å². The first-order valence-corrected chi connectivity index (χ1v) is 8.80. The lowest BCUT2D eigenvalue weighted by Crippen LogP contribution is -2.36. The number of benzene rings is 1. The molecule has 1 fully saturated rings. The van der Waals surface area contributed by atoms with E-state index >= 15 is 0 Å². The van der Waals surface area contributed by atoms with Gasteiger partial charge in [0, 0.05) is 44.1 Å². The minimum atomic E-state index is -0.653. The molecule has 0 bridgehead atoms. The van der Waals surface area contributed by atoms with Crippen molar-refractivity contribution in [1.82, 2.24) is 10.3 Å². The number of carbonyl (C=O) groups excluding carboxylic acids is 2. The largest absolute Gasteiger partial charge is 0.363 e. The van der Waals surface area contributed by atoms with Gasteiger partial charge in [0.1, 0.15) is 11.7 Å². The van der Waals surface area contributed by atoms with Crippen LogP contribution in [0.5, 0.6) is 0 Å². The first-order chi connectivity index (χ1) is 12.5. The molecule has 2 heterocycles. The van der Waals surface area contributed by atoms with Gasteiger partial charge in [-0.25, -0.2) is 4.98 Å². The molecule has 1 saturated heterocycles. The number of carbonyl (C=O) groups is 2. The summed E-state index contributed by atoms with van der Waals surface area (Å²) in [4.78, 5) is 32.9. The summed E-state index contributed by atoms with van der Waals surface area (Å²) >= 11 is 5.89. The molecule has 1 atom stereocenters. The van der Waals surface area contributed by atoms with Gasteiger partial charge in [0.2, 0.25) is 11.8 Å². The van der Waals surface area contributed by atoms with Gasteiger partial charge in [-0.2, -0.15) is 0 Å². The lowest BCUT2D eigenvalue weighted by molar-refractivity contribution is -0.132. The highest BCUT2D eigenvalue weighted by atomic mass is 35.5. The van der Waals surface area contributed by atoms with Gasteiger partial charge in [0.05, 0.1) is 0 Å². The molecule has 3 rings (SSSR count). The Bertz CT molecular complexity index is 790. The van der Waals surface area contributed by atoms with E-state index in [1.807, 2.05) is 31.1 Å². The molecule has 26 heavy (non-hydrogen) atoms. The highest BCUT2D eigenvalue weighted by Gasteiger charge is 2.37. The maximum atomic E-state index is 12.6. The Morgan fingerprint density at radius 1 is 1.27 bits per heavy atom. The highest BCUT2D eigenvalue weighted by molar-refractivity contribution is 6.30. The summed E-state index contributed by atoms with van der Waals surface area (Å²) in [5, 5.41) is 3.45. The van der Waals surface area contributed by atoms with Crippen molar-refractivity contribution >= 4 is 34.9 Å². The summed E-state index contributed by atoms with van der Waals surface area (Å²) in [6.45, 7) is 0.877. The molecule has 1 aliphatic rings. The van der Waals surface area contributed by atoms with Crippen LogP contribution in [0.25, 0.3) is 0 Å². The molecule has 0 aliphatic carbocycles. The van der Waals surface area contributed by atoms with Crippen LogP contribution in [0.15, 0.2) is 42.6 Å². The number of aromatic nitrogens is 1. The molecule has 1 N–H and O–H groups in total. The second-order valence-corrected chi connectivity index (χ2v) is 6.88. The van der Waals surface area contributed by atoms with Crippen LogP contribution in [-0.2, 0) is 16.1 Å². The van der Waals surface area contributed by atoms with Crippen LogP contribution in [0.2, 0.25) is 5.02 Å². The van der Waals surface area contributed by atoms with Crippen LogP contribution in [0.4, 0.5) is 11.5 Å². The summed E-state index contributed by atoms with van der Waals surface area (Å²) in [6, 6.07) is 10.9. The fourth-order valence-electron chi connectivity index (χ4n) is 2.90. The number of hydrogen-bond acceptors (Lipinski definition) is 4. The first-order valence-electron chi connectivity index (χ1n) is 8.42. The molecule has 2 aromatic rings. The minimum absolute atomic E-state index is 0.175. The molecule has 0 saturated carbocycles.